The van der Waals surface area contributed by atoms with E-state index < -0.39 is 0 Å². The molecule has 3 heteroatoms. The highest BCUT2D eigenvalue weighted by Crippen LogP contribution is 2.17. The Balaban J connectivity index is 2.38. The fraction of sp³-hybridized carbons (Fsp3) is 0.538. The lowest BCUT2D eigenvalue weighted by Gasteiger charge is -2.26. The van der Waals surface area contributed by atoms with E-state index in [1.54, 1.807) is 0 Å². The molecular formula is C13H23N3. The fourth-order valence-electron chi connectivity index (χ4n) is 1.66. The first-order valence-corrected chi connectivity index (χ1v) is 5.98. The van der Waals surface area contributed by atoms with Gasteiger partial charge in [-0.25, -0.2) is 0 Å². The lowest BCUT2D eigenvalue weighted by Crippen LogP contribution is -2.40. The summed E-state index contributed by atoms with van der Waals surface area (Å²) < 4.78 is 0. The molecule has 3 nitrogen and oxygen atoms in total. The molecule has 5 N–H and O–H groups in total. The van der Waals surface area contributed by atoms with Crippen LogP contribution in [0.4, 0.5) is 11.4 Å². The van der Waals surface area contributed by atoms with Crippen molar-refractivity contribution in [2.75, 3.05) is 17.6 Å². The van der Waals surface area contributed by atoms with Gasteiger partial charge in [0.1, 0.15) is 0 Å². The Kier molecular flexibility index (Phi) is 4.62. The maximum atomic E-state index is 6.22. The van der Waals surface area contributed by atoms with E-state index >= 15 is 0 Å². The summed E-state index contributed by atoms with van der Waals surface area (Å²) in [6.07, 6.45) is 3.03. The summed E-state index contributed by atoms with van der Waals surface area (Å²) in [4.78, 5) is 0. The normalized spacial score (nSPS) is 11.4. The highest BCUT2D eigenvalue weighted by atomic mass is 14.9. The van der Waals surface area contributed by atoms with Gasteiger partial charge in [0, 0.05) is 23.5 Å². The van der Waals surface area contributed by atoms with Crippen LogP contribution in [-0.4, -0.2) is 12.1 Å². The average Bonchev–Trinajstić information content (AvgIpc) is 2.31. The van der Waals surface area contributed by atoms with Gasteiger partial charge in [-0.1, -0.05) is 13.8 Å². The predicted molar refractivity (Wildman–Crippen MR) is 71.5 cm³/mol. The number of hydrogen-bond donors (Lipinski definition) is 3. The van der Waals surface area contributed by atoms with Gasteiger partial charge in [0.15, 0.2) is 0 Å². The van der Waals surface area contributed by atoms with Crippen LogP contribution >= 0.6 is 0 Å². The van der Waals surface area contributed by atoms with Crippen molar-refractivity contribution in [1.82, 2.24) is 0 Å². The van der Waals surface area contributed by atoms with E-state index in [0.717, 1.165) is 37.2 Å². The molecule has 0 atom stereocenters. The molecule has 1 aromatic rings. The van der Waals surface area contributed by atoms with Crippen LogP contribution in [0.25, 0.3) is 0 Å². The molecule has 0 bridgehead atoms. The standard InChI is InChI=1S/C13H23N3/c1-3-13(15,4-2)9-10-16-12-7-5-11(14)6-8-12/h5-8,16H,3-4,9-10,14-15H2,1-2H3. The van der Waals surface area contributed by atoms with Crippen molar-refractivity contribution in [3.8, 4) is 0 Å². The summed E-state index contributed by atoms with van der Waals surface area (Å²) >= 11 is 0. The summed E-state index contributed by atoms with van der Waals surface area (Å²) in [5.74, 6) is 0. The van der Waals surface area contributed by atoms with Crippen molar-refractivity contribution in [2.45, 2.75) is 38.6 Å². The predicted octanol–water partition coefficient (Wildman–Crippen LogP) is 2.59. The second-order valence-corrected chi connectivity index (χ2v) is 4.37. The first kappa shape index (κ1) is 12.8. The summed E-state index contributed by atoms with van der Waals surface area (Å²) in [6.45, 7) is 5.20. The topological polar surface area (TPSA) is 64.1 Å². The minimum atomic E-state index is -0.0270. The lowest BCUT2D eigenvalue weighted by atomic mass is 9.90. The maximum absolute atomic E-state index is 6.22. The van der Waals surface area contributed by atoms with Gasteiger partial charge in [-0.3, -0.25) is 0 Å². The van der Waals surface area contributed by atoms with Crippen LogP contribution in [0.3, 0.4) is 0 Å². The van der Waals surface area contributed by atoms with Gasteiger partial charge in [0.2, 0.25) is 0 Å². The fourth-order valence-corrected chi connectivity index (χ4v) is 1.66. The molecule has 0 fully saturated rings. The molecule has 0 aliphatic rings. The van der Waals surface area contributed by atoms with Gasteiger partial charge in [0.05, 0.1) is 0 Å². The van der Waals surface area contributed by atoms with Crippen LogP contribution in [-0.2, 0) is 0 Å². The summed E-state index contributed by atoms with van der Waals surface area (Å²) in [6, 6.07) is 7.78. The van der Waals surface area contributed by atoms with E-state index in [1.807, 2.05) is 24.3 Å². The third-order valence-corrected chi connectivity index (χ3v) is 3.27. The van der Waals surface area contributed by atoms with Gasteiger partial charge in [-0.2, -0.15) is 0 Å². The number of nitrogen functional groups attached to an aromatic ring is 1. The maximum Gasteiger partial charge on any atom is 0.0341 e. The minimum Gasteiger partial charge on any atom is -0.399 e. The van der Waals surface area contributed by atoms with Crippen molar-refractivity contribution in [2.24, 2.45) is 5.73 Å². The van der Waals surface area contributed by atoms with Gasteiger partial charge < -0.3 is 16.8 Å². The largest absolute Gasteiger partial charge is 0.399 e. The smallest absolute Gasteiger partial charge is 0.0341 e. The summed E-state index contributed by atoms with van der Waals surface area (Å²) in [5.41, 5.74) is 13.7. The van der Waals surface area contributed by atoms with Crippen molar-refractivity contribution < 1.29 is 0 Å². The summed E-state index contributed by atoms with van der Waals surface area (Å²) in [7, 11) is 0. The van der Waals surface area contributed by atoms with Gasteiger partial charge in [-0.05, 0) is 43.5 Å². The highest BCUT2D eigenvalue weighted by Gasteiger charge is 2.18. The molecule has 0 heterocycles. The Bertz CT molecular complexity index is 301. The Labute approximate surface area is 98.2 Å². The van der Waals surface area contributed by atoms with Crippen LogP contribution in [0.15, 0.2) is 24.3 Å². The lowest BCUT2D eigenvalue weighted by molar-refractivity contribution is 0.376. The van der Waals surface area contributed by atoms with E-state index in [0.29, 0.717) is 0 Å². The molecule has 0 radical (unpaired) electrons. The van der Waals surface area contributed by atoms with E-state index in [-0.39, 0.29) is 5.54 Å². The van der Waals surface area contributed by atoms with E-state index in [2.05, 4.69) is 19.2 Å². The molecule has 0 spiro atoms. The molecule has 16 heavy (non-hydrogen) atoms. The second kappa shape index (κ2) is 5.75. The molecule has 0 unspecified atom stereocenters. The Morgan fingerprint density at radius 2 is 1.69 bits per heavy atom. The molecule has 0 aliphatic carbocycles. The van der Waals surface area contributed by atoms with Crippen LogP contribution in [0.2, 0.25) is 0 Å². The third-order valence-electron chi connectivity index (χ3n) is 3.27. The molecule has 1 aromatic carbocycles. The Morgan fingerprint density at radius 1 is 1.12 bits per heavy atom. The number of nitrogens with two attached hydrogens (primary N) is 2. The molecule has 0 saturated heterocycles. The van der Waals surface area contributed by atoms with Gasteiger partial charge in [0.25, 0.3) is 0 Å². The Morgan fingerprint density at radius 3 is 2.19 bits per heavy atom. The number of rotatable bonds is 6. The van der Waals surface area contributed by atoms with Gasteiger partial charge in [-0.15, -0.1) is 0 Å². The summed E-state index contributed by atoms with van der Waals surface area (Å²) in [5, 5.41) is 3.36. The highest BCUT2D eigenvalue weighted by molar-refractivity contribution is 5.51. The monoisotopic (exact) mass is 221 g/mol. The number of nitrogens with one attached hydrogen (secondary N) is 1. The molecule has 90 valence electrons. The van der Waals surface area contributed by atoms with Crippen molar-refractivity contribution >= 4 is 11.4 Å². The van der Waals surface area contributed by atoms with E-state index in [4.69, 9.17) is 11.5 Å². The van der Waals surface area contributed by atoms with E-state index in [1.165, 1.54) is 0 Å². The SMILES string of the molecule is CCC(N)(CC)CCNc1ccc(N)cc1. The minimum absolute atomic E-state index is 0.0270. The second-order valence-electron chi connectivity index (χ2n) is 4.37. The quantitative estimate of drug-likeness (QED) is 0.647. The van der Waals surface area contributed by atoms with Crippen molar-refractivity contribution in [1.29, 1.82) is 0 Å². The first-order valence-electron chi connectivity index (χ1n) is 5.98. The zero-order chi connectivity index (χ0) is 12.0. The van der Waals surface area contributed by atoms with Crippen LogP contribution in [0.1, 0.15) is 33.1 Å². The number of hydrogen-bond acceptors (Lipinski definition) is 3. The van der Waals surface area contributed by atoms with Gasteiger partial charge >= 0.3 is 0 Å². The molecule has 0 amide bonds. The zero-order valence-corrected chi connectivity index (χ0v) is 10.3. The molecule has 1 rings (SSSR count). The molecule has 0 aliphatic heterocycles. The number of benzene rings is 1. The number of anilines is 2. The molecule has 0 aromatic heterocycles. The average molecular weight is 221 g/mol. The third kappa shape index (κ3) is 3.74. The van der Waals surface area contributed by atoms with Crippen LogP contribution in [0.5, 0.6) is 0 Å². The molecule has 0 saturated carbocycles. The van der Waals surface area contributed by atoms with Crippen LogP contribution < -0.4 is 16.8 Å². The first-order chi connectivity index (χ1) is 7.59. The van der Waals surface area contributed by atoms with Crippen LogP contribution in [0, 0.1) is 0 Å². The van der Waals surface area contributed by atoms with Crippen molar-refractivity contribution in [3.63, 3.8) is 0 Å². The van der Waals surface area contributed by atoms with Crippen molar-refractivity contribution in [3.05, 3.63) is 24.3 Å². The van der Waals surface area contributed by atoms with E-state index in [9.17, 15) is 0 Å². The zero-order valence-electron chi connectivity index (χ0n) is 10.3. The molecular weight excluding hydrogens is 198 g/mol. The Hall–Kier alpha value is -1.22.